The first-order valence-electron chi connectivity index (χ1n) is 8.29. The van der Waals surface area contributed by atoms with Gasteiger partial charge in [-0.05, 0) is 50.2 Å². The summed E-state index contributed by atoms with van der Waals surface area (Å²) in [6, 6.07) is 5.48. The van der Waals surface area contributed by atoms with Crippen LogP contribution >= 0.6 is 11.6 Å². The number of aromatic nitrogens is 1. The first-order chi connectivity index (χ1) is 10.1. The van der Waals surface area contributed by atoms with Gasteiger partial charge in [-0.2, -0.15) is 0 Å². The summed E-state index contributed by atoms with van der Waals surface area (Å²) in [5.41, 5.74) is 0.997. The SMILES string of the molecule is CC(C)CCN(c1ccc(Cl)c(CNC2CC2)n1)C1CC1. The monoisotopic (exact) mass is 307 g/mol. The van der Waals surface area contributed by atoms with Gasteiger partial charge in [0.2, 0.25) is 0 Å². The van der Waals surface area contributed by atoms with Gasteiger partial charge in [0.25, 0.3) is 0 Å². The Morgan fingerprint density at radius 1 is 1.29 bits per heavy atom. The molecule has 0 radical (unpaired) electrons. The van der Waals surface area contributed by atoms with Crippen LogP contribution in [-0.4, -0.2) is 23.6 Å². The molecule has 0 aromatic carbocycles. The largest absolute Gasteiger partial charge is 0.354 e. The lowest BCUT2D eigenvalue weighted by Gasteiger charge is -2.25. The van der Waals surface area contributed by atoms with Crippen LogP contribution in [-0.2, 0) is 6.54 Å². The zero-order chi connectivity index (χ0) is 14.8. The number of pyridine rings is 1. The first-order valence-corrected chi connectivity index (χ1v) is 8.66. The maximum absolute atomic E-state index is 6.31. The summed E-state index contributed by atoms with van der Waals surface area (Å²) in [7, 11) is 0. The molecule has 0 atom stereocenters. The minimum Gasteiger partial charge on any atom is -0.354 e. The number of anilines is 1. The predicted molar refractivity (Wildman–Crippen MR) is 88.9 cm³/mol. The van der Waals surface area contributed by atoms with E-state index in [9.17, 15) is 0 Å². The van der Waals surface area contributed by atoms with Crippen molar-refractivity contribution in [3.05, 3.63) is 22.8 Å². The second-order valence-electron chi connectivity index (χ2n) is 6.86. The minimum atomic E-state index is 0.687. The van der Waals surface area contributed by atoms with E-state index in [0.29, 0.717) is 12.1 Å². The zero-order valence-electron chi connectivity index (χ0n) is 13.1. The number of halogens is 1. The molecule has 2 aliphatic rings. The number of hydrogen-bond donors (Lipinski definition) is 1. The molecule has 3 rings (SSSR count). The normalized spacial score (nSPS) is 18.3. The Kier molecular flexibility index (Phi) is 4.70. The molecule has 1 aromatic rings. The summed E-state index contributed by atoms with van der Waals surface area (Å²) in [5.74, 6) is 1.84. The summed E-state index contributed by atoms with van der Waals surface area (Å²) >= 11 is 6.31. The fraction of sp³-hybridized carbons (Fsp3) is 0.706. The molecule has 2 aliphatic carbocycles. The fourth-order valence-corrected chi connectivity index (χ4v) is 2.72. The van der Waals surface area contributed by atoms with Crippen molar-refractivity contribution >= 4 is 17.4 Å². The highest BCUT2D eigenvalue weighted by molar-refractivity contribution is 6.31. The van der Waals surface area contributed by atoms with Gasteiger partial charge in [-0.15, -0.1) is 0 Å². The van der Waals surface area contributed by atoms with Crippen LogP contribution in [0.5, 0.6) is 0 Å². The molecule has 116 valence electrons. The van der Waals surface area contributed by atoms with Gasteiger partial charge in [-0.1, -0.05) is 25.4 Å². The molecule has 3 nitrogen and oxygen atoms in total. The smallest absolute Gasteiger partial charge is 0.129 e. The molecule has 1 aromatic heterocycles. The van der Waals surface area contributed by atoms with Crippen LogP contribution in [0.25, 0.3) is 0 Å². The van der Waals surface area contributed by atoms with Crippen LogP contribution in [0, 0.1) is 5.92 Å². The highest BCUT2D eigenvalue weighted by atomic mass is 35.5. The van der Waals surface area contributed by atoms with Crippen LogP contribution in [0.2, 0.25) is 5.02 Å². The third kappa shape index (κ3) is 4.33. The van der Waals surface area contributed by atoms with E-state index < -0.39 is 0 Å². The molecule has 21 heavy (non-hydrogen) atoms. The van der Waals surface area contributed by atoms with Gasteiger partial charge in [0.1, 0.15) is 5.82 Å². The van der Waals surface area contributed by atoms with Gasteiger partial charge in [0.05, 0.1) is 10.7 Å². The third-order valence-corrected chi connectivity index (χ3v) is 4.61. The van der Waals surface area contributed by atoms with Crippen molar-refractivity contribution in [1.82, 2.24) is 10.3 Å². The van der Waals surface area contributed by atoms with Crippen LogP contribution < -0.4 is 10.2 Å². The van der Waals surface area contributed by atoms with Gasteiger partial charge >= 0.3 is 0 Å². The lowest BCUT2D eigenvalue weighted by atomic mass is 10.1. The van der Waals surface area contributed by atoms with Crippen molar-refractivity contribution in [3.63, 3.8) is 0 Å². The molecule has 2 saturated carbocycles. The summed E-state index contributed by atoms with van der Waals surface area (Å²) in [6.07, 6.45) is 6.41. The van der Waals surface area contributed by atoms with Gasteiger partial charge in [-0.25, -0.2) is 4.98 Å². The van der Waals surface area contributed by atoms with E-state index in [1.807, 2.05) is 6.07 Å². The molecule has 0 amide bonds. The summed E-state index contributed by atoms with van der Waals surface area (Å²) < 4.78 is 0. The molecule has 4 heteroatoms. The maximum Gasteiger partial charge on any atom is 0.129 e. The number of rotatable bonds is 8. The molecule has 2 fully saturated rings. The van der Waals surface area contributed by atoms with Crippen molar-refractivity contribution in [2.24, 2.45) is 5.92 Å². The van der Waals surface area contributed by atoms with Crippen molar-refractivity contribution < 1.29 is 0 Å². The van der Waals surface area contributed by atoms with E-state index in [1.165, 1.54) is 32.1 Å². The Balaban J connectivity index is 1.70. The first kappa shape index (κ1) is 15.1. The van der Waals surface area contributed by atoms with Gasteiger partial charge in [-0.3, -0.25) is 0 Å². The lowest BCUT2D eigenvalue weighted by Crippen LogP contribution is -2.29. The van der Waals surface area contributed by atoms with E-state index in [1.54, 1.807) is 0 Å². The maximum atomic E-state index is 6.31. The van der Waals surface area contributed by atoms with Crippen LogP contribution in [0.4, 0.5) is 5.82 Å². The number of nitrogens with zero attached hydrogens (tertiary/aromatic N) is 2. The fourth-order valence-electron chi connectivity index (χ4n) is 2.55. The Labute approximate surface area is 133 Å². The van der Waals surface area contributed by atoms with E-state index in [2.05, 4.69) is 30.1 Å². The average molecular weight is 308 g/mol. The Morgan fingerprint density at radius 2 is 2.05 bits per heavy atom. The van der Waals surface area contributed by atoms with E-state index >= 15 is 0 Å². The molecule has 1 heterocycles. The predicted octanol–water partition coefficient (Wildman–Crippen LogP) is 4.00. The van der Waals surface area contributed by atoms with Gasteiger partial charge < -0.3 is 10.2 Å². The number of nitrogens with one attached hydrogen (secondary N) is 1. The molecule has 1 N–H and O–H groups in total. The Morgan fingerprint density at radius 3 is 2.67 bits per heavy atom. The Bertz CT molecular complexity index is 481. The highest BCUT2D eigenvalue weighted by Crippen LogP contribution is 2.32. The molecular weight excluding hydrogens is 282 g/mol. The van der Waals surface area contributed by atoms with Crippen LogP contribution in [0.15, 0.2) is 12.1 Å². The van der Waals surface area contributed by atoms with Crippen molar-refractivity contribution in [1.29, 1.82) is 0 Å². The van der Waals surface area contributed by atoms with Crippen LogP contribution in [0.1, 0.15) is 51.6 Å². The summed E-state index contributed by atoms with van der Waals surface area (Å²) in [5, 5.41) is 4.29. The molecule has 0 bridgehead atoms. The summed E-state index contributed by atoms with van der Waals surface area (Å²) in [4.78, 5) is 7.33. The van der Waals surface area contributed by atoms with Gasteiger partial charge in [0, 0.05) is 25.2 Å². The van der Waals surface area contributed by atoms with Crippen LogP contribution in [0.3, 0.4) is 0 Å². The van der Waals surface area contributed by atoms with E-state index in [0.717, 1.165) is 35.5 Å². The minimum absolute atomic E-state index is 0.687. The van der Waals surface area contributed by atoms with Crippen molar-refractivity contribution in [2.45, 2.75) is 64.6 Å². The van der Waals surface area contributed by atoms with E-state index in [-0.39, 0.29) is 0 Å². The third-order valence-electron chi connectivity index (χ3n) is 4.27. The molecule has 0 unspecified atom stereocenters. The zero-order valence-corrected chi connectivity index (χ0v) is 13.9. The average Bonchev–Trinajstić information content (AvgIpc) is 3.32. The summed E-state index contributed by atoms with van der Waals surface area (Å²) in [6.45, 7) is 6.46. The standard InChI is InChI=1S/C17H26ClN3/c1-12(2)9-10-21(14-5-6-14)17-8-7-15(18)16(20-17)11-19-13-3-4-13/h7-8,12-14,19H,3-6,9-11H2,1-2H3. The second-order valence-corrected chi connectivity index (χ2v) is 7.27. The topological polar surface area (TPSA) is 28.2 Å². The quantitative estimate of drug-likeness (QED) is 0.787. The lowest BCUT2D eigenvalue weighted by molar-refractivity contribution is 0.567. The number of hydrogen-bond acceptors (Lipinski definition) is 3. The molecule has 0 spiro atoms. The molecule has 0 aliphatic heterocycles. The Hall–Kier alpha value is -0.800. The second kappa shape index (κ2) is 6.53. The molecular formula is C17H26ClN3. The van der Waals surface area contributed by atoms with E-state index in [4.69, 9.17) is 16.6 Å². The van der Waals surface area contributed by atoms with Crippen molar-refractivity contribution in [3.8, 4) is 0 Å². The molecule has 0 saturated heterocycles. The highest BCUT2D eigenvalue weighted by Gasteiger charge is 2.30. The van der Waals surface area contributed by atoms with Gasteiger partial charge in [0.15, 0.2) is 0 Å². The van der Waals surface area contributed by atoms with Crippen molar-refractivity contribution in [2.75, 3.05) is 11.4 Å².